The SMILES string of the molecule is C[S+]([O-])c1ccc(-c2ccc3c(n2)Oc2ccccc2[C@@H]3C(C)(C)C(=O)Nc2nncs2)cc1. The van der Waals surface area contributed by atoms with Gasteiger partial charge in [0.2, 0.25) is 16.9 Å². The minimum Gasteiger partial charge on any atom is -0.612 e. The zero-order valence-corrected chi connectivity index (χ0v) is 20.4. The second-order valence-electron chi connectivity index (χ2n) is 8.56. The van der Waals surface area contributed by atoms with Crippen LogP contribution in [0.3, 0.4) is 0 Å². The Bertz CT molecular complexity index is 1340. The zero-order chi connectivity index (χ0) is 23.9. The number of carbonyl (C=O) groups is 1. The van der Waals surface area contributed by atoms with Crippen LogP contribution in [0.4, 0.5) is 5.13 Å². The molecule has 0 bridgehead atoms. The Balaban J connectivity index is 1.55. The largest absolute Gasteiger partial charge is 0.612 e. The number of pyridine rings is 1. The zero-order valence-electron chi connectivity index (χ0n) is 18.8. The normalized spacial score (nSPS) is 15.6. The van der Waals surface area contributed by atoms with Crippen molar-refractivity contribution in [1.29, 1.82) is 0 Å². The molecule has 34 heavy (non-hydrogen) atoms. The molecule has 0 fully saturated rings. The topological polar surface area (TPSA) is 100 Å². The molecule has 5 rings (SSSR count). The molecule has 3 heterocycles. The molecule has 1 unspecified atom stereocenters. The van der Waals surface area contributed by atoms with E-state index in [1.807, 2.05) is 74.5 Å². The van der Waals surface area contributed by atoms with Crippen molar-refractivity contribution in [3.05, 3.63) is 77.3 Å². The molecule has 9 heteroatoms. The predicted molar refractivity (Wildman–Crippen MR) is 133 cm³/mol. The molecular formula is C25H22N4O3S2. The van der Waals surface area contributed by atoms with E-state index in [2.05, 4.69) is 15.5 Å². The van der Waals surface area contributed by atoms with Crippen LogP contribution < -0.4 is 10.1 Å². The third kappa shape index (κ3) is 4.06. The third-order valence-corrected chi connectivity index (χ3v) is 7.55. The van der Waals surface area contributed by atoms with Crippen molar-refractivity contribution in [2.45, 2.75) is 24.7 Å². The third-order valence-electron chi connectivity index (χ3n) is 6.01. The van der Waals surface area contributed by atoms with Gasteiger partial charge in [-0.3, -0.25) is 4.79 Å². The van der Waals surface area contributed by atoms with Crippen LogP contribution in [-0.4, -0.2) is 31.9 Å². The molecule has 0 radical (unpaired) electrons. The molecule has 4 aromatic rings. The number of nitrogens with zero attached hydrogens (tertiary/aromatic N) is 3. The number of rotatable bonds is 5. The summed E-state index contributed by atoms with van der Waals surface area (Å²) in [5, 5.41) is 11.1. The number of aromatic nitrogens is 3. The summed E-state index contributed by atoms with van der Waals surface area (Å²) in [5.41, 5.74) is 4.14. The van der Waals surface area contributed by atoms with Crippen LogP contribution in [-0.2, 0) is 16.0 Å². The lowest BCUT2D eigenvalue weighted by Crippen LogP contribution is -2.38. The second kappa shape index (κ2) is 8.83. The highest BCUT2D eigenvalue weighted by atomic mass is 32.2. The van der Waals surface area contributed by atoms with Gasteiger partial charge in [-0.25, -0.2) is 4.98 Å². The fraction of sp³-hybridized carbons (Fsp3) is 0.200. The summed E-state index contributed by atoms with van der Waals surface area (Å²) in [6.07, 6.45) is 1.65. The number of anilines is 1. The molecule has 1 N–H and O–H groups in total. The fourth-order valence-corrected chi connectivity index (χ4v) is 5.17. The van der Waals surface area contributed by atoms with Crippen LogP contribution in [0.2, 0.25) is 0 Å². The number of benzene rings is 2. The van der Waals surface area contributed by atoms with Crippen molar-refractivity contribution in [1.82, 2.24) is 15.2 Å². The van der Waals surface area contributed by atoms with Crippen molar-refractivity contribution < 1.29 is 14.1 Å². The molecule has 1 aliphatic heterocycles. The lowest BCUT2D eigenvalue weighted by atomic mass is 9.69. The molecule has 172 valence electrons. The molecule has 2 atom stereocenters. The first-order valence-electron chi connectivity index (χ1n) is 10.6. The van der Waals surface area contributed by atoms with Crippen molar-refractivity contribution >= 4 is 33.6 Å². The number of carbonyl (C=O) groups excluding carboxylic acids is 1. The minimum absolute atomic E-state index is 0.163. The van der Waals surface area contributed by atoms with Crippen LogP contribution in [0.25, 0.3) is 11.3 Å². The average Bonchev–Trinajstić information content (AvgIpc) is 3.35. The quantitative estimate of drug-likeness (QED) is 0.384. The van der Waals surface area contributed by atoms with Crippen LogP contribution >= 0.6 is 11.3 Å². The van der Waals surface area contributed by atoms with Gasteiger partial charge in [0.05, 0.1) is 11.1 Å². The number of hydrogen-bond acceptors (Lipinski definition) is 7. The van der Waals surface area contributed by atoms with Gasteiger partial charge in [0.1, 0.15) is 17.5 Å². The fourth-order valence-electron chi connectivity index (χ4n) is 4.21. The standard InChI is InChI=1S/C25H22N4O3S2/c1-25(2,23(30)28-24-29-26-14-33-24)21-17-6-4-5-7-20(17)32-22-18(21)12-13-19(27-22)15-8-10-16(11-9-15)34(3)31/h4-14,21H,1-3H3,(H,28,29,30)/t21-,34?/m0/s1. The van der Waals surface area contributed by atoms with Crippen molar-refractivity contribution in [3.63, 3.8) is 0 Å². The lowest BCUT2D eigenvalue weighted by molar-refractivity contribution is -0.124. The Hall–Kier alpha value is -3.27. The molecular weight excluding hydrogens is 468 g/mol. The number of fused-ring (bicyclic) bond motifs is 2. The number of para-hydroxylation sites is 1. The highest BCUT2D eigenvalue weighted by molar-refractivity contribution is 7.90. The average molecular weight is 491 g/mol. The number of amides is 1. The van der Waals surface area contributed by atoms with Gasteiger partial charge in [0, 0.05) is 22.6 Å². The van der Waals surface area contributed by atoms with Gasteiger partial charge in [-0.05, 0) is 47.6 Å². The molecule has 0 saturated heterocycles. The molecule has 1 aliphatic rings. The van der Waals surface area contributed by atoms with E-state index in [9.17, 15) is 9.35 Å². The number of ether oxygens (including phenoxy) is 1. The van der Waals surface area contributed by atoms with Crippen LogP contribution in [0.15, 0.2) is 71.1 Å². The first-order valence-corrected chi connectivity index (χ1v) is 13.1. The van der Waals surface area contributed by atoms with E-state index in [0.717, 1.165) is 27.3 Å². The maximum absolute atomic E-state index is 13.4. The Morgan fingerprint density at radius 1 is 1.09 bits per heavy atom. The van der Waals surface area contributed by atoms with Gasteiger partial charge < -0.3 is 14.6 Å². The molecule has 7 nitrogen and oxygen atoms in total. The van der Waals surface area contributed by atoms with Crippen molar-refractivity contribution in [2.24, 2.45) is 5.41 Å². The van der Waals surface area contributed by atoms with Gasteiger partial charge in [-0.1, -0.05) is 49.4 Å². The summed E-state index contributed by atoms with van der Waals surface area (Å²) >= 11 is 0.235. The molecule has 0 saturated carbocycles. The monoisotopic (exact) mass is 490 g/mol. The molecule has 2 aromatic heterocycles. The summed E-state index contributed by atoms with van der Waals surface area (Å²) in [4.78, 5) is 18.9. The molecule has 1 amide bonds. The Morgan fingerprint density at radius 2 is 1.85 bits per heavy atom. The molecule has 0 spiro atoms. The summed E-state index contributed by atoms with van der Waals surface area (Å²) in [6.45, 7) is 3.83. The van der Waals surface area contributed by atoms with Gasteiger partial charge in [-0.2, -0.15) is 0 Å². The lowest BCUT2D eigenvalue weighted by Gasteiger charge is -2.37. The summed E-state index contributed by atoms with van der Waals surface area (Å²) in [7, 11) is 0. The van der Waals surface area contributed by atoms with E-state index in [4.69, 9.17) is 9.72 Å². The van der Waals surface area contributed by atoms with Gasteiger partial charge >= 0.3 is 0 Å². The first kappa shape index (κ1) is 22.5. The van der Waals surface area contributed by atoms with Crippen LogP contribution in [0, 0.1) is 5.41 Å². The summed E-state index contributed by atoms with van der Waals surface area (Å²) < 4.78 is 17.9. The molecule has 0 aliphatic carbocycles. The van der Waals surface area contributed by atoms with Crippen LogP contribution in [0.5, 0.6) is 11.6 Å². The van der Waals surface area contributed by atoms with E-state index in [-0.39, 0.29) is 11.8 Å². The summed E-state index contributed by atoms with van der Waals surface area (Å²) in [5.74, 6) is 0.704. The smallest absolute Gasteiger partial charge is 0.232 e. The van der Waals surface area contributed by atoms with Gasteiger partial charge in [-0.15, -0.1) is 10.2 Å². The Kier molecular flexibility index (Phi) is 5.85. The maximum atomic E-state index is 13.4. The van der Waals surface area contributed by atoms with Crippen molar-refractivity contribution in [3.8, 4) is 22.9 Å². The van der Waals surface area contributed by atoms with Gasteiger partial charge in [0.15, 0.2) is 4.90 Å². The number of nitrogens with one attached hydrogen (secondary N) is 1. The van der Waals surface area contributed by atoms with E-state index in [0.29, 0.717) is 16.8 Å². The minimum atomic E-state index is -1.04. The second-order valence-corrected chi connectivity index (χ2v) is 10.8. The van der Waals surface area contributed by atoms with E-state index < -0.39 is 16.6 Å². The highest BCUT2D eigenvalue weighted by Crippen LogP contribution is 2.52. The van der Waals surface area contributed by atoms with Crippen LogP contribution in [0.1, 0.15) is 30.9 Å². The Labute approximate surface area is 204 Å². The maximum Gasteiger partial charge on any atom is 0.232 e. The predicted octanol–water partition coefficient (Wildman–Crippen LogP) is 5.24. The van der Waals surface area contributed by atoms with E-state index in [1.165, 1.54) is 11.3 Å². The Morgan fingerprint density at radius 3 is 2.56 bits per heavy atom. The van der Waals surface area contributed by atoms with Crippen molar-refractivity contribution in [2.75, 3.05) is 11.6 Å². The van der Waals surface area contributed by atoms with E-state index in [1.54, 1.807) is 11.8 Å². The summed E-state index contributed by atoms with van der Waals surface area (Å²) in [6, 6.07) is 19.1. The van der Waals surface area contributed by atoms with Gasteiger partial charge in [0.25, 0.3) is 0 Å². The highest BCUT2D eigenvalue weighted by Gasteiger charge is 2.44. The molecule has 2 aromatic carbocycles. The first-order chi connectivity index (χ1) is 16.3. The van der Waals surface area contributed by atoms with E-state index >= 15 is 0 Å². The number of hydrogen-bond donors (Lipinski definition) is 1.